The molecule has 1 N–H and O–H groups in total. The fourth-order valence-electron chi connectivity index (χ4n) is 2.48. The van der Waals surface area contributed by atoms with Crippen molar-refractivity contribution < 1.29 is 14.6 Å². The zero-order chi connectivity index (χ0) is 17.5. The standard InChI is InChI=1S/C20H38O3/c1-5-6-7-8-12-19(21)13-14-20(22)23-16-15-18(4)11-9-10-17(2)3/h10,18-19,21H,5-9,11-16H2,1-4H3. The summed E-state index contributed by atoms with van der Waals surface area (Å²) < 4.78 is 5.27. The molecule has 0 spiro atoms. The molecule has 0 heterocycles. The highest BCUT2D eigenvalue weighted by molar-refractivity contribution is 5.69. The zero-order valence-electron chi connectivity index (χ0n) is 15.8. The minimum Gasteiger partial charge on any atom is -0.466 e. The SMILES string of the molecule is CCCCCCC(O)CCC(=O)OCCC(C)CCC=C(C)C. The smallest absolute Gasteiger partial charge is 0.305 e. The molecular weight excluding hydrogens is 288 g/mol. The quantitative estimate of drug-likeness (QED) is 0.263. The van der Waals surface area contributed by atoms with Crippen molar-refractivity contribution in [3.8, 4) is 0 Å². The van der Waals surface area contributed by atoms with Gasteiger partial charge >= 0.3 is 5.97 Å². The highest BCUT2D eigenvalue weighted by Crippen LogP contribution is 2.13. The van der Waals surface area contributed by atoms with Gasteiger partial charge in [-0.1, -0.05) is 51.2 Å². The molecule has 0 aliphatic rings. The Morgan fingerprint density at radius 3 is 2.48 bits per heavy atom. The molecule has 0 saturated heterocycles. The largest absolute Gasteiger partial charge is 0.466 e. The van der Waals surface area contributed by atoms with Gasteiger partial charge in [-0.25, -0.2) is 0 Å². The fraction of sp³-hybridized carbons (Fsp3) is 0.850. The predicted molar refractivity (Wildman–Crippen MR) is 97.4 cm³/mol. The average molecular weight is 327 g/mol. The number of unbranched alkanes of at least 4 members (excludes halogenated alkanes) is 3. The molecule has 3 heteroatoms. The molecule has 0 fully saturated rings. The van der Waals surface area contributed by atoms with Crippen LogP contribution in [0.15, 0.2) is 11.6 Å². The van der Waals surface area contributed by atoms with Gasteiger partial charge in [0, 0.05) is 6.42 Å². The van der Waals surface area contributed by atoms with Crippen molar-refractivity contribution >= 4 is 5.97 Å². The number of ether oxygens (including phenoxy) is 1. The van der Waals surface area contributed by atoms with Crippen molar-refractivity contribution in [1.82, 2.24) is 0 Å². The van der Waals surface area contributed by atoms with Crippen LogP contribution in [0.3, 0.4) is 0 Å². The number of hydrogen-bond acceptors (Lipinski definition) is 3. The lowest BCUT2D eigenvalue weighted by Crippen LogP contribution is -2.13. The number of esters is 1. The first-order valence-electron chi connectivity index (χ1n) is 9.42. The number of carbonyl (C=O) groups is 1. The molecular formula is C20H38O3. The lowest BCUT2D eigenvalue weighted by atomic mass is 10.0. The third kappa shape index (κ3) is 15.8. The van der Waals surface area contributed by atoms with Gasteiger partial charge in [-0.3, -0.25) is 4.79 Å². The summed E-state index contributed by atoms with van der Waals surface area (Å²) in [6.45, 7) is 9.11. The van der Waals surface area contributed by atoms with E-state index in [2.05, 4.69) is 33.8 Å². The Labute approximate surface area is 143 Å². The Bertz CT molecular complexity index is 319. The number of aliphatic hydroxyl groups is 1. The summed E-state index contributed by atoms with van der Waals surface area (Å²) >= 11 is 0. The van der Waals surface area contributed by atoms with Crippen LogP contribution in [-0.4, -0.2) is 23.8 Å². The molecule has 0 rings (SSSR count). The highest BCUT2D eigenvalue weighted by atomic mass is 16.5. The third-order valence-corrected chi connectivity index (χ3v) is 4.16. The van der Waals surface area contributed by atoms with E-state index in [1.807, 2.05) is 0 Å². The molecule has 0 aromatic rings. The van der Waals surface area contributed by atoms with Crippen LogP contribution in [0.2, 0.25) is 0 Å². The predicted octanol–water partition coefficient (Wildman–Crippen LogP) is 5.41. The monoisotopic (exact) mass is 326 g/mol. The zero-order valence-corrected chi connectivity index (χ0v) is 15.8. The van der Waals surface area contributed by atoms with Crippen LogP contribution in [0, 0.1) is 5.92 Å². The average Bonchev–Trinajstić information content (AvgIpc) is 2.49. The maximum absolute atomic E-state index is 11.7. The summed E-state index contributed by atoms with van der Waals surface area (Å²) in [6, 6.07) is 0. The van der Waals surface area contributed by atoms with E-state index in [9.17, 15) is 9.90 Å². The van der Waals surface area contributed by atoms with E-state index >= 15 is 0 Å². The third-order valence-electron chi connectivity index (χ3n) is 4.16. The summed E-state index contributed by atoms with van der Waals surface area (Å²) in [5.74, 6) is 0.400. The fourth-order valence-corrected chi connectivity index (χ4v) is 2.48. The minimum absolute atomic E-state index is 0.172. The molecule has 0 aliphatic heterocycles. The van der Waals surface area contributed by atoms with Crippen LogP contribution in [0.25, 0.3) is 0 Å². The molecule has 0 amide bonds. The number of aliphatic hydroxyl groups excluding tert-OH is 1. The summed E-state index contributed by atoms with van der Waals surface area (Å²) in [6.07, 6.45) is 11.4. The molecule has 2 unspecified atom stereocenters. The van der Waals surface area contributed by atoms with E-state index < -0.39 is 0 Å². The van der Waals surface area contributed by atoms with E-state index in [-0.39, 0.29) is 12.1 Å². The topological polar surface area (TPSA) is 46.5 Å². The maximum atomic E-state index is 11.7. The van der Waals surface area contributed by atoms with E-state index in [0.717, 1.165) is 32.1 Å². The van der Waals surface area contributed by atoms with E-state index in [1.165, 1.54) is 24.8 Å². The second-order valence-electron chi connectivity index (χ2n) is 7.01. The first-order valence-corrected chi connectivity index (χ1v) is 9.42. The van der Waals surface area contributed by atoms with Crippen LogP contribution >= 0.6 is 0 Å². The van der Waals surface area contributed by atoms with Crippen molar-refractivity contribution in [3.63, 3.8) is 0 Å². The Kier molecular flexibility index (Phi) is 14.2. The number of carbonyl (C=O) groups excluding carboxylic acids is 1. The van der Waals surface area contributed by atoms with Crippen molar-refractivity contribution in [2.24, 2.45) is 5.92 Å². The second-order valence-corrected chi connectivity index (χ2v) is 7.01. The van der Waals surface area contributed by atoms with Gasteiger partial charge in [0.15, 0.2) is 0 Å². The number of hydrogen-bond donors (Lipinski definition) is 1. The molecule has 0 radical (unpaired) electrons. The molecule has 0 saturated carbocycles. The first kappa shape index (κ1) is 22.2. The molecule has 2 atom stereocenters. The normalized spacial score (nSPS) is 13.4. The lowest BCUT2D eigenvalue weighted by Gasteiger charge is -2.12. The summed E-state index contributed by atoms with van der Waals surface area (Å²) in [5, 5.41) is 9.84. The van der Waals surface area contributed by atoms with Crippen molar-refractivity contribution in [2.75, 3.05) is 6.61 Å². The first-order chi connectivity index (χ1) is 11.0. The van der Waals surface area contributed by atoms with Gasteiger partial charge in [0.2, 0.25) is 0 Å². The second kappa shape index (κ2) is 14.7. The molecule has 23 heavy (non-hydrogen) atoms. The van der Waals surface area contributed by atoms with Crippen LogP contribution < -0.4 is 0 Å². The molecule has 136 valence electrons. The lowest BCUT2D eigenvalue weighted by molar-refractivity contribution is -0.144. The number of rotatable bonds is 14. The van der Waals surface area contributed by atoms with Crippen LogP contribution in [0.1, 0.15) is 91.9 Å². The molecule has 0 aliphatic carbocycles. The maximum Gasteiger partial charge on any atom is 0.305 e. The van der Waals surface area contributed by atoms with Gasteiger partial charge in [0.25, 0.3) is 0 Å². The van der Waals surface area contributed by atoms with Gasteiger partial charge in [-0.05, 0) is 51.9 Å². The van der Waals surface area contributed by atoms with E-state index in [0.29, 0.717) is 25.4 Å². The molecule has 0 bridgehead atoms. The molecule has 0 aromatic heterocycles. The van der Waals surface area contributed by atoms with Crippen molar-refractivity contribution in [1.29, 1.82) is 0 Å². The number of allylic oxidation sites excluding steroid dienone is 2. The van der Waals surface area contributed by atoms with Gasteiger partial charge in [-0.2, -0.15) is 0 Å². The molecule has 0 aromatic carbocycles. The van der Waals surface area contributed by atoms with Gasteiger partial charge in [-0.15, -0.1) is 0 Å². The highest BCUT2D eigenvalue weighted by Gasteiger charge is 2.10. The van der Waals surface area contributed by atoms with Gasteiger partial charge in [0.1, 0.15) is 0 Å². The Morgan fingerprint density at radius 1 is 1.09 bits per heavy atom. The van der Waals surface area contributed by atoms with E-state index in [4.69, 9.17) is 4.74 Å². The summed E-state index contributed by atoms with van der Waals surface area (Å²) in [7, 11) is 0. The van der Waals surface area contributed by atoms with Gasteiger partial charge in [0.05, 0.1) is 12.7 Å². The minimum atomic E-state index is -0.359. The Hall–Kier alpha value is -0.830. The Balaban J connectivity index is 3.57. The van der Waals surface area contributed by atoms with Crippen molar-refractivity contribution in [2.45, 2.75) is 98.0 Å². The van der Waals surface area contributed by atoms with E-state index in [1.54, 1.807) is 0 Å². The van der Waals surface area contributed by atoms with Crippen molar-refractivity contribution in [3.05, 3.63) is 11.6 Å². The van der Waals surface area contributed by atoms with Crippen LogP contribution in [0.4, 0.5) is 0 Å². The summed E-state index contributed by atoms with van der Waals surface area (Å²) in [4.78, 5) is 11.7. The Morgan fingerprint density at radius 2 is 1.83 bits per heavy atom. The van der Waals surface area contributed by atoms with Gasteiger partial charge < -0.3 is 9.84 Å². The van der Waals surface area contributed by atoms with Crippen LogP contribution in [0.5, 0.6) is 0 Å². The summed E-state index contributed by atoms with van der Waals surface area (Å²) in [5.41, 5.74) is 1.36. The van der Waals surface area contributed by atoms with Crippen LogP contribution in [-0.2, 0) is 9.53 Å². The molecule has 3 nitrogen and oxygen atoms in total.